The Bertz CT molecular complexity index is 576. The molecule has 0 aromatic heterocycles. The fourth-order valence-electron chi connectivity index (χ4n) is 1.99. The van der Waals surface area contributed by atoms with Crippen molar-refractivity contribution in [2.75, 3.05) is 41.3 Å². The third-order valence-corrected chi connectivity index (χ3v) is 3.39. The maximum absolute atomic E-state index is 13.8. The molecule has 0 atom stereocenters. The molecular formula is C17H27FN4O2. The molecule has 7 heteroatoms. The van der Waals surface area contributed by atoms with Crippen molar-refractivity contribution in [3.05, 3.63) is 29.6 Å². The molecule has 0 aliphatic rings. The average Bonchev–Trinajstić information content (AvgIpc) is 2.54. The monoisotopic (exact) mass is 338 g/mol. The molecule has 0 aliphatic heterocycles. The number of guanidine groups is 1. The summed E-state index contributed by atoms with van der Waals surface area (Å²) in [6, 6.07) is 4.85. The predicted octanol–water partition coefficient (Wildman–Crippen LogP) is 1.71. The molecule has 0 saturated carbocycles. The first-order valence-corrected chi connectivity index (χ1v) is 7.91. The van der Waals surface area contributed by atoms with Gasteiger partial charge in [0, 0.05) is 34.2 Å². The first-order chi connectivity index (χ1) is 11.4. The van der Waals surface area contributed by atoms with E-state index in [1.165, 1.54) is 18.1 Å². The summed E-state index contributed by atoms with van der Waals surface area (Å²) in [5, 5.41) is 3.21. The summed E-state index contributed by atoms with van der Waals surface area (Å²) in [4.78, 5) is 19.4. The van der Waals surface area contributed by atoms with Gasteiger partial charge >= 0.3 is 0 Å². The van der Waals surface area contributed by atoms with Gasteiger partial charge in [-0.25, -0.2) is 9.38 Å². The highest BCUT2D eigenvalue weighted by molar-refractivity contribution is 5.84. The fraction of sp³-hybridized carbons (Fsp3) is 0.529. The summed E-state index contributed by atoms with van der Waals surface area (Å²) >= 11 is 0. The van der Waals surface area contributed by atoms with E-state index in [-0.39, 0.29) is 18.2 Å². The number of hydrogen-bond donors (Lipinski definition) is 1. The first kappa shape index (κ1) is 19.7. The maximum Gasteiger partial charge on any atom is 0.243 e. The number of likely N-dealkylation sites (N-methyl/N-ethyl adjacent to an activating group) is 1. The second-order valence-corrected chi connectivity index (χ2v) is 5.68. The molecule has 24 heavy (non-hydrogen) atoms. The Kier molecular flexibility index (Phi) is 8.01. The lowest BCUT2D eigenvalue weighted by molar-refractivity contribution is -0.127. The zero-order chi connectivity index (χ0) is 18.1. The van der Waals surface area contributed by atoms with E-state index < -0.39 is 5.82 Å². The number of nitrogens with zero attached hydrogens (tertiary/aromatic N) is 3. The molecule has 0 bridgehead atoms. The number of carbonyl (C=O) groups is 1. The summed E-state index contributed by atoms with van der Waals surface area (Å²) in [5.74, 6) is 0.361. The summed E-state index contributed by atoms with van der Waals surface area (Å²) < 4.78 is 18.7. The van der Waals surface area contributed by atoms with Crippen LogP contribution in [0.2, 0.25) is 0 Å². The van der Waals surface area contributed by atoms with Crippen LogP contribution in [0.1, 0.15) is 18.9 Å². The minimum Gasteiger partial charge on any atom is -0.494 e. The van der Waals surface area contributed by atoms with E-state index in [1.54, 1.807) is 26.2 Å². The minimum absolute atomic E-state index is 0.0698. The Balaban J connectivity index is 2.83. The predicted molar refractivity (Wildman–Crippen MR) is 93.7 cm³/mol. The van der Waals surface area contributed by atoms with Crippen molar-refractivity contribution >= 4 is 11.9 Å². The van der Waals surface area contributed by atoms with E-state index in [0.717, 1.165) is 18.5 Å². The van der Waals surface area contributed by atoms with Crippen LogP contribution >= 0.6 is 0 Å². The van der Waals surface area contributed by atoms with Gasteiger partial charge in [-0.05, 0) is 24.1 Å². The lowest BCUT2D eigenvalue weighted by Crippen LogP contribution is -2.40. The number of ether oxygens (including phenoxy) is 1. The van der Waals surface area contributed by atoms with Crippen LogP contribution in [0, 0.1) is 5.82 Å². The van der Waals surface area contributed by atoms with Crippen molar-refractivity contribution in [2.24, 2.45) is 4.99 Å². The van der Waals surface area contributed by atoms with Crippen molar-refractivity contribution in [1.29, 1.82) is 0 Å². The lowest BCUT2D eigenvalue weighted by atomic mass is 10.2. The van der Waals surface area contributed by atoms with E-state index >= 15 is 0 Å². The molecule has 0 saturated heterocycles. The maximum atomic E-state index is 13.8. The summed E-state index contributed by atoms with van der Waals surface area (Å²) in [6.45, 7) is 3.33. The van der Waals surface area contributed by atoms with Crippen molar-refractivity contribution in [2.45, 2.75) is 19.9 Å². The molecule has 0 heterocycles. The van der Waals surface area contributed by atoms with E-state index in [1.807, 2.05) is 11.9 Å². The number of halogens is 1. The topological polar surface area (TPSA) is 57.2 Å². The van der Waals surface area contributed by atoms with E-state index in [4.69, 9.17) is 4.74 Å². The van der Waals surface area contributed by atoms with Gasteiger partial charge < -0.3 is 19.9 Å². The Labute approximate surface area is 143 Å². The van der Waals surface area contributed by atoms with E-state index in [0.29, 0.717) is 12.5 Å². The van der Waals surface area contributed by atoms with Gasteiger partial charge in [0.1, 0.15) is 6.54 Å². The van der Waals surface area contributed by atoms with Gasteiger partial charge in [0.15, 0.2) is 17.5 Å². The number of carbonyl (C=O) groups excluding carboxylic acids is 1. The van der Waals surface area contributed by atoms with Gasteiger partial charge in [0.2, 0.25) is 5.91 Å². The van der Waals surface area contributed by atoms with E-state index in [2.05, 4.69) is 17.2 Å². The molecule has 0 aliphatic carbocycles. The van der Waals surface area contributed by atoms with Crippen LogP contribution < -0.4 is 10.1 Å². The number of methoxy groups -OCH3 is 1. The van der Waals surface area contributed by atoms with Crippen molar-refractivity contribution in [3.8, 4) is 5.75 Å². The molecule has 134 valence electrons. The summed E-state index contributed by atoms with van der Waals surface area (Å²) in [5.41, 5.74) is 0.792. The molecule has 1 amide bonds. The molecule has 1 N–H and O–H groups in total. The van der Waals surface area contributed by atoms with Crippen LogP contribution in [-0.2, 0) is 11.3 Å². The first-order valence-electron chi connectivity index (χ1n) is 7.91. The van der Waals surface area contributed by atoms with Crippen molar-refractivity contribution < 1.29 is 13.9 Å². The molecule has 1 aromatic carbocycles. The van der Waals surface area contributed by atoms with Crippen molar-refractivity contribution in [1.82, 2.24) is 15.1 Å². The standard InChI is InChI=1S/C17H27FN4O2/c1-6-9-19-17(20-11-16(23)21(2)3)22(4)12-13-7-8-15(24-5)14(18)10-13/h7-8,10H,6,9,11-12H2,1-5H3,(H,19,20). The number of rotatable bonds is 7. The highest BCUT2D eigenvalue weighted by Crippen LogP contribution is 2.18. The quantitative estimate of drug-likeness (QED) is 0.607. The van der Waals surface area contributed by atoms with Crippen LogP contribution in [-0.4, -0.2) is 63.0 Å². The molecule has 1 rings (SSSR count). The van der Waals surface area contributed by atoms with Crippen LogP contribution in [0.25, 0.3) is 0 Å². The highest BCUT2D eigenvalue weighted by Gasteiger charge is 2.11. The SMILES string of the molecule is CCCNC(=NCC(=O)N(C)C)N(C)Cc1ccc(OC)c(F)c1. The van der Waals surface area contributed by atoms with Crippen molar-refractivity contribution in [3.63, 3.8) is 0 Å². The van der Waals surface area contributed by atoms with Gasteiger partial charge in [0.05, 0.1) is 7.11 Å². The normalized spacial score (nSPS) is 11.2. The number of aliphatic imine (C=N–C) groups is 1. The zero-order valence-corrected chi connectivity index (χ0v) is 15.1. The average molecular weight is 338 g/mol. The number of nitrogens with one attached hydrogen (secondary N) is 1. The Hall–Kier alpha value is -2.31. The smallest absolute Gasteiger partial charge is 0.243 e. The Morgan fingerprint density at radius 3 is 2.58 bits per heavy atom. The van der Waals surface area contributed by atoms with Gasteiger partial charge in [-0.3, -0.25) is 4.79 Å². The van der Waals surface area contributed by atoms with Gasteiger partial charge in [-0.15, -0.1) is 0 Å². The molecule has 1 aromatic rings. The third-order valence-electron chi connectivity index (χ3n) is 3.39. The van der Waals surface area contributed by atoms with E-state index in [9.17, 15) is 9.18 Å². The highest BCUT2D eigenvalue weighted by atomic mass is 19.1. The second kappa shape index (κ2) is 9.75. The summed E-state index contributed by atoms with van der Waals surface area (Å²) in [7, 11) is 6.68. The fourth-order valence-corrected chi connectivity index (χ4v) is 1.99. The zero-order valence-electron chi connectivity index (χ0n) is 15.1. The lowest BCUT2D eigenvalue weighted by Gasteiger charge is -2.23. The van der Waals surface area contributed by atoms with Crippen LogP contribution in [0.15, 0.2) is 23.2 Å². The van der Waals surface area contributed by atoms with Crippen LogP contribution in [0.4, 0.5) is 4.39 Å². The van der Waals surface area contributed by atoms with Gasteiger partial charge in [0.25, 0.3) is 0 Å². The second-order valence-electron chi connectivity index (χ2n) is 5.68. The summed E-state index contributed by atoms with van der Waals surface area (Å²) in [6.07, 6.45) is 0.936. The molecular weight excluding hydrogens is 311 g/mol. The van der Waals surface area contributed by atoms with Gasteiger partial charge in [-0.2, -0.15) is 0 Å². The number of amides is 1. The molecule has 0 fully saturated rings. The largest absolute Gasteiger partial charge is 0.494 e. The minimum atomic E-state index is -0.397. The number of benzene rings is 1. The van der Waals surface area contributed by atoms with Gasteiger partial charge in [-0.1, -0.05) is 13.0 Å². The third kappa shape index (κ3) is 6.06. The molecule has 0 unspecified atom stereocenters. The van der Waals surface area contributed by atoms with Crippen LogP contribution in [0.5, 0.6) is 5.75 Å². The Morgan fingerprint density at radius 2 is 2.04 bits per heavy atom. The Morgan fingerprint density at radius 1 is 1.33 bits per heavy atom. The molecule has 0 radical (unpaired) electrons. The molecule has 0 spiro atoms. The number of hydrogen-bond acceptors (Lipinski definition) is 3. The van der Waals surface area contributed by atoms with Crippen LogP contribution in [0.3, 0.4) is 0 Å². The molecule has 6 nitrogen and oxygen atoms in total.